The van der Waals surface area contributed by atoms with Crippen molar-refractivity contribution >= 4 is 13.8 Å². The van der Waals surface area contributed by atoms with Gasteiger partial charge in [-0.3, -0.25) is 0 Å². The highest BCUT2D eigenvalue weighted by Gasteiger charge is 2.35. The molecular weight excluding hydrogens is 166 g/mol. The van der Waals surface area contributed by atoms with Gasteiger partial charge >= 0.3 is 5.97 Å². The molecule has 0 aromatic heterocycles. The summed E-state index contributed by atoms with van der Waals surface area (Å²) in [7, 11) is 1.41. The van der Waals surface area contributed by atoms with Crippen LogP contribution in [0.15, 0.2) is 11.2 Å². The van der Waals surface area contributed by atoms with E-state index in [4.69, 9.17) is 10.2 Å². The highest BCUT2D eigenvalue weighted by Crippen LogP contribution is 2.20. The topological polar surface area (TPSA) is 66.8 Å². The van der Waals surface area contributed by atoms with Crippen LogP contribution in [-0.2, 0) is 9.53 Å². The SMILES string of the molecule is BC1=C(O)C(=O)OC1[C@@H](O)CF. The van der Waals surface area contributed by atoms with Crippen LogP contribution in [0, 0.1) is 0 Å². The quantitative estimate of drug-likeness (QED) is 0.401. The highest BCUT2D eigenvalue weighted by atomic mass is 19.1. The first-order chi connectivity index (χ1) is 5.57. The monoisotopic (exact) mass is 174 g/mol. The highest BCUT2D eigenvalue weighted by molar-refractivity contribution is 6.25. The van der Waals surface area contributed by atoms with Gasteiger partial charge in [-0.2, -0.15) is 0 Å². The van der Waals surface area contributed by atoms with Gasteiger partial charge in [-0.1, -0.05) is 0 Å². The number of aliphatic hydroxyl groups is 2. The number of carbonyl (C=O) groups is 1. The fourth-order valence-corrected chi connectivity index (χ4v) is 1.00. The van der Waals surface area contributed by atoms with Crippen LogP contribution in [0.5, 0.6) is 0 Å². The van der Waals surface area contributed by atoms with E-state index in [1.807, 2.05) is 0 Å². The van der Waals surface area contributed by atoms with Gasteiger partial charge in [0.2, 0.25) is 0 Å². The summed E-state index contributed by atoms with van der Waals surface area (Å²) in [5.74, 6) is -1.45. The molecule has 1 aliphatic heterocycles. The first kappa shape index (κ1) is 9.06. The van der Waals surface area contributed by atoms with E-state index in [0.717, 1.165) is 0 Å². The van der Waals surface area contributed by atoms with Crippen molar-refractivity contribution in [2.24, 2.45) is 0 Å². The zero-order valence-corrected chi connectivity index (χ0v) is 6.45. The summed E-state index contributed by atoms with van der Waals surface area (Å²) in [4.78, 5) is 10.7. The molecule has 4 nitrogen and oxygen atoms in total. The standard InChI is InChI=1S/C6H8BFO4/c7-3-4(10)6(11)12-5(3)2(9)1-8/h2,5,9-10H,1,7H2/t2-,5?/m0/s1. The molecule has 0 spiro atoms. The molecule has 2 atom stereocenters. The van der Waals surface area contributed by atoms with E-state index in [2.05, 4.69) is 4.74 Å². The summed E-state index contributed by atoms with van der Waals surface area (Å²) < 4.78 is 16.4. The molecule has 0 bridgehead atoms. The van der Waals surface area contributed by atoms with Crippen LogP contribution in [0.25, 0.3) is 0 Å². The van der Waals surface area contributed by atoms with Crippen molar-refractivity contribution in [3.63, 3.8) is 0 Å². The Bertz CT molecular complexity index is 240. The van der Waals surface area contributed by atoms with Crippen LogP contribution in [0.3, 0.4) is 0 Å². The lowest BCUT2D eigenvalue weighted by molar-refractivity contribution is -0.146. The second-order valence-electron chi connectivity index (χ2n) is 2.58. The molecule has 0 aromatic carbocycles. The van der Waals surface area contributed by atoms with Crippen molar-refractivity contribution in [2.75, 3.05) is 6.67 Å². The minimum absolute atomic E-state index is 0.171. The van der Waals surface area contributed by atoms with Gasteiger partial charge in [-0.25, -0.2) is 9.18 Å². The van der Waals surface area contributed by atoms with Gasteiger partial charge in [0.1, 0.15) is 26.7 Å². The molecule has 0 saturated carbocycles. The molecule has 0 amide bonds. The lowest BCUT2D eigenvalue weighted by atomic mass is 9.88. The molecule has 1 aliphatic rings. The molecule has 1 heterocycles. The number of alkyl halides is 1. The summed E-state index contributed by atoms with van der Waals surface area (Å²) in [6, 6.07) is 0. The maximum absolute atomic E-state index is 11.9. The van der Waals surface area contributed by atoms with Crippen LogP contribution < -0.4 is 0 Å². The van der Waals surface area contributed by atoms with Gasteiger partial charge in [-0.15, -0.1) is 0 Å². The van der Waals surface area contributed by atoms with Gasteiger partial charge in [-0.05, 0) is 5.47 Å². The number of halogens is 1. The first-order valence-electron chi connectivity index (χ1n) is 3.42. The zero-order chi connectivity index (χ0) is 9.30. The van der Waals surface area contributed by atoms with E-state index in [-0.39, 0.29) is 5.47 Å². The second-order valence-corrected chi connectivity index (χ2v) is 2.58. The lowest BCUT2D eigenvalue weighted by Crippen LogP contribution is -2.30. The van der Waals surface area contributed by atoms with Crippen LogP contribution >= 0.6 is 0 Å². The summed E-state index contributed by atoms with van der Waals surface area (Å²) >= 11 is 0. The summed E-state index contributed by atoms with van der Waals surface area (Å²) in [6.45, 7) is -1.01. The third-order valence-corrected chi connectivity index (χ3v) is 1.74. The van der Waals surface area contributed by atoms with E-state index in [0.29, 0.717) is 0 Å². The Balaban J connectivity index is 2.80. The number of esters is 1. The molecule has 0 aromatic rings. The van der Waals surface area contributed by atoms with Crippen molar-refractivity contribution in [3.8, 4) is 0 Å². The summed E-state index contributed by atoms with van der Waals surface area (Å²) in [5.41, 5.74) is 0.171. The third kappa shape index (κ3) is 1.29. The molecule has 6 heteroatoms. The van der Waals surface area contributed by atoms with Crippen molar-refractivity contribution in [1.82, 2.24) is 0 Å². The Morgan fingerprint density at radius 2 is 2.33 bits per heavy atom. The molecule has 2 N–H and O–H groups in total. The predicted molar refractivity (Wildman–Crippen MR) is 40.1 cm³/mol. The van der Waals surface area contributed by atoms with Crippen molar-refractivity contribution < 1.29 is 24.1 Å². The summed E-state index contributed by atoms with van der Waals surface area (Å²) in [6.07, 6.45) is -2.43. The number of hydrogen-bond acceptors (Lipinski definition) is 4. The van der Waals surface area contributed by atoms with E-state index in [1.54, 1.807) is 0 Å². The van der Waals surface area contributed by atoms with E-state index < -0.39 is 30.6 Å². The number of rotatable bonds is 2. The number of cyclic esters (lactones) is 1. The second kappa shape index (κ2) is 3.14. The molecule has 0 saturated heterocycles. The molecular formula is C6H8BFO4. The Morgan fingerprint density at radius 1 is 1.75 bits per heavy atom. The third-order valence-electron chi connectivity index (χ3n) is 1.74. The lowest BCUT2D eigenvalue weighted by Gasteiger charge is -2.14. The summed E-state index contributed by atoms with van der Waals surface area (Å²) in [5, 5.41) is 17.9. The van der Waals surface area contributed by atoms with E-state index in [9.17, 15) is 9.18 Å². The number of ether oxygens (including phenoxy) is 1. The van der Waals surface area contributed by atoms with Crippen molar-refractivity contribution in [2.45, 2.75) is 12.2 Å². The van der Waals surface area contributed by atoms with Gasteiger partial charge in [0.15, 0.2) is 5.76 Å². The van der Waals surface area contributed by atoms with Gasteiger partial charge in [0.05, 0.1) is 0 Å². The van der Waals surface area contributed by atoms with E-state index >= 15 is 0 Å². The molecule has 66 valence electrons. The molecule has 0 fully saturated rings. The predicted octanol–water partition coefficient (Wildman–Crippen LogP) is -1.36. The molecule has 1 unspecified atom stereocenters. The van der Waals surface area contributed by atoms with Gasteiger partial charge in [0.25, 0.3) is 0 Å². The molecule has 12 heavy (non-hydrogen) atoms. The first-order valence-corrected chi connectivity index (χ1v) is 3.42. The van der Waals surface area contributed by atoms with Gasteiger partial charge < -0.3 is 14.9 Å². The van der Waals surface area contributed by atoms with Crippen molar-refractivity contribution in [3.05, 3.63) is 11.2 Å². The fourth-order valence-electron chi connectivity index (χ4n) is 1.00. The minimum Gasteiger partial charge on any atom is -0.502 e. The Hall–Kier alpha value is -1.04. The molecule has 0 radical (unpaired) electrons. The maximum Gasteiger partial charge on any atom is 0.373 e. The van der Waals surface area contributed by atoms with Crippen LogP contribution in [0.1, 0.15) is 0 Å². The average Bonchev–Trinajstić information content (AvgIpc) is 2.32. The van der Waals surface area contributed by atoms with Crippen LogP contribution in [0.4, 0.5) is 4.39 Å². The smallest absolute Gasteiger partial charge is 0.373 e. The minimum atomic E-state index is -1.39. The Morgan fingerprint density at radius 3 is 2.67 bits per heavy atom. The van der Waals surface area contributed by atoms with Crippen LogP contribution in [-0.4, -0.2) is 42.9 Å². The van der Waals surface area contributed by atoms with Crippen LogP contribution in [0.2, 0.25) is 0 Å². The normalized spacial score (nSPS) is 25.8. The fraction of sp³-hybridized carbons (Fsp3) is 0.500. The van der Waals surface area contributed by atoms with Gasteiger partial charge in [0, 0.05) is 0 Å². The Kier molecular flexibility index (Phi) is 2.37. The number of carbonyl (C=O) groups excluding carboxylic acids is 1. The zero-order valence-electron chi connectivity index (χ0n) is 6.45. The van der Waals surface area contributed by atoms with E-state index in [1.165, 1.54) is 7.85 Å². The Labute approximate surface area is 69.0 Å². The largest absolute Gasteiger partial charge is 0.502 e. The number of aliphatic hydroxyl groups excluding tert-OH is 2. The maximum atomic E-state index is 11.9. The number of hydrogen-bond donors (Lipinski definition) is 2. The van der Waals surface area contributed by atoms with Crippen molar-refractivity contribution in [1.29, 1.82) is 0 Å². The average molecular weight is 174 g/mol. The molecule has 1 rings (SSSR count). The molecule has 0 aliphatic carbocycles.